The second-order valence-corrected chi connectivity index (χ2v) is 6.18. The molecule has 0 saturated heterocycles. The Morgan fingerprint density at radius 3 is 2.90 bits per heavy atom. The van der Waals surface area contributed by atoms with Gasteiger partial charge in [0.15, 0.2) is 0 Å². The average molecular weight is 274 g/mol. The predicted octanol–water partition coefficient (Wildman–Crippen LogP) is 2.33. The van der Waals surface area contributed by atoms with Gasteiger partial charge in [0, 0.05) is 30.9 Å². The highest BCUT2D eigenvalue weighted by Gasteiger charge is 2.24. The van der Waals surface area contributed by atoms with Crippen molar-refractivity contribution < 1.29 is 5.11 Å². The third kappa shape index (κ3) is 3.53. The molecule has 2 aliphatic rings. The van der Waals surface area contributed by atoms with Crippen molar-refractivity contribution >= 4 is 5.69 Å². The summed E-state index contributed by atoms with van der Waals surface area (Å²) >= 11 is 0. The van der Waals surface area contributed by atoms with Gasteiger partial charge in [0.05, 0.1) is 6.61 Å². The lowest BCUT2D eigenvalue weighted by atomic mass is 10.1. The quantitative estimate of drug-likeness (QED) is 0.836. The fourth-order valence-electron chi connectivity index (χ4n) is 3.12. The van der Waals surface area contributed by atoms with E-state index in [-0.39, 0.29) is 12.6 Å². The van der Waals surface area contributed by atoms with Crippen LogP contribution in [0.3, 0.4) is 0 Å². The van der Waals surface area contributed by atoms with E-state index in [1.807, 2.05) is 0 Å². The molecule has 110 valence electrons. The summed E-state index contributed by atoms with van der Waals surface area (Å²) in [7, 11) is 0. The first-order valence-electron chi connectivity index (χ1n) is 8.06. The Balaban J connectivity index is 1.60. The normalized spacial score (nSPS) is 20.4. The molecular formula is C17H26N2O. The molecule has 1 fully saturated rings. The van der Waals surface area contributed by atoms with E-state index in [0.717, 1.165) is 19.5 Å². The molecule has 1 aliphatic heterocycles. The Kier molecular flexibility index (Phi) is 4.58. The molecule has 1 aliphatic carbocycles. The summed E-state index contributed by atoms with van der Waals surface area (Å²) in [6.45, 7) is 2.45. The molecule has 0 amide bonds. The number of aryl methyl sites for hydroxylation is 1. The van der Waals surface area contributed by atoms with Crippen LogP contribution in [-0.4, -0.2) is 36.9 Å². The number of benzene rings is 1. The predicted molar refractivity (Wildman–Crippen MR) is 83.2 cm³/mol. The van der Waals surface area contributed by atoms with Crippen molar-refractivity contribution in [1.82, 2.24) is 5.32 Å². The van der Waals surface area contributed by atoms with Gasteiger partial charge in [-0.25, -0.2) is 0 Å². The SMILES string of the molecule is OCC(CCN1CCCCc2ccccc21)NC1CC1. The molecule has 2 N–H and O–H groups in total. The number of fused-ring (bicyclic) bond motifs is 1. The van der Waals surface area contributed by atoms with Crippen LogP contribution in [-0.2, 0) is 6.42 Å². The van der Waals surface area contributed by atoms with Gasteiger partial charge >= 0.3 is 0 Å². The molecule has 0 radical (unpaired) electrons. The van der Waals surface area contributed by atoms with Gasteiger partial charge in [0.2, 0.25) is 0 Å². The topological polar surface area (TPSA) is 35.5 Å². The second-order valence-electron chi connectivity index (χ2n) is 6.18. The summed E-state index contributed by atoms with van der Waals surface area (Å²) < 4.78 is 0. The molecule has 1 heterocycles. The van der Waals surface area contributed by atoms with Gasteiger partial charge in [-0.1, -0.05) is 18.2 Å². The fraction of sp³-hybridized carbons (Fsp3) is 0.647. The van der Waals surface area contributed by atoms with E-state index in [2.05, 4.69) is 34.5 Å². The first-order chi connectivity index (χ1) is 9.86. The van der Waals surface area contributed by atoms with Crippen molar-refractivity contribution in [1.29, 1.82) is 0 Å². The molecule has 0 spiro atoms. The van der Waals surface area contributed by atoms with E-state index in [1.54, 1.807) is 0 Å². The number of para-hydroxylation sites is 1. The zero-order chi connectivity index (χ0) is 13.8. The molecule has 1 aromatic rings. The van der Waals surface area contributed by atoms with Gasteiger partial charge in [0.25, 0.3) is 0 Å². The van der Waals surface area contributed by atoms with E-state index in [4.69, 9.17) is 0 Å². The lowest BCUT2D eigenvalue weighted by molar-refractivity contribution is 0.235. The lowest BCUT2D eigenvalue weighted by Gasteiger charge is -2.27. The van der Waals surface area contributed by atoms with Crippen LogP contribution in [0.15, 0.2) is 24.3 Å². The summed E-state index contributed by atoms with van der Waals surface area (Å²) in [6, 6.07) is 9.74. The van der Waals surface area contributed by atoms with Crippen LogP contribution in [0.25, 0.3) is 0 Å². The van der Waals surface area contributed by atoms with Crippen LogP contribution in [0.4, 0.5) is 5.69 Å². The summed E-state index contributed by atoms with van der Waals surface area (Å²) in [6.07, 6.45) is 7.36. The van der Waals surface area contributed by atoms with Crippen LogP contribution in [0.1, 0.15) is 37.7 Å². The molecule has 1 atom stereocenters. The molecule has 20 heavy (non-hydrogen) atoms. The van der Waals surface area contributed by atoms with E-state index >= 15 is 0 Å². The molecule has 0 bridgehead atoms. The maximum Gasteiger partial charge on any atom is 0.0585 e. The molecule has 0 aromatic heterocycles. The molecule has 1 unspecified atom stereocenters. The minimum atomic E-state index is 0.256. The summed E-state index contributed by atoms with van der Waals surface area (Å²) in [4.78, 5) is 2.51. The number of nitrogens with zero attached hydrogens (tertiary/aromatic N) is 1. The molecule has 3 rings (SSSR count). The number of nitrogens with one attached hydrogen (secondary N) is 1. The molecular weight excluding hydrogens is 248 g/mol. The Hall–Kier alpha value is -1.06. The van der Waals surface area contributed by atoms with E-state index < -0.39 is 0 Å². The van der Waals surface area contributed by atoms with Gasteiger partial charge in [-0.05, 0) is 50.2 Å². The Bertz CT molecular complexity index is 431. The van der Waals surface area contributed by atoms with Gasteiger partial charge in [-0.15, -0.1) is 0 Å². The molecule has 3 nitrogen and oxygen atoms in total. The van der Waals surface area contributed by atoms with Crippen molar-refractivity contribution in [2.24, 2.45) is 0 Å². The van der Waals surface area contributed by atoms with Crippen LogP contribution in [0.5, 0.6) is 0 Å². The van der Waals surface area contributed by atoms with Crippen LogP contribution >= 0.6 is 0 Å². The second kappa shape index (κ2) is 6.59. The Labute approximate surface area is 122 Å². The maximum absolute atomic E-state index is 9.50. The molecule has 3 heteroatoms. The van der Waals surface area contributed by atoms with E-state index in [9.17, 15) is 5.11 Å². The first-order valence-corrected chi connectivity index (χ1v) is 8.06. The fourth-order valence-corrected chi connectivity index (χ4v) is 3.12. The summed E-state index contributed by atoms with van der Waals surface area (Å²) in [5.41, 5.74) is 2.90. The van der Waals surface area contributed by atoms with E-state index in [0.29, 0.717) is 6.04 Å². The minimum Gasteiger partial charge on any atom is -0.395 e. The smallest absolute Gasteiger partial charge is 0.0585 e. The average Bonchev–Trinajstić information content (AvgIpc) is 3.30. The summed E-state index contributed by atoms with van der Waals surface area (Å²) in [5.74, 6) is 0. The first kappa shape index (κ1) is 13.9. The van der Waals surface area contributed by atoms with Crippen molar-refractivity contribution in [3.8, 4) is 0 Å². The Morgan fingerprint density at radius 1 is 1.25 bits per heavy atom. The van der Waals surface area contributed by atoms with Gasteiger partial charge in [0.1, 0.15) is 0 Å². The van der Waals surface area contributed by atoms with Crippen molar-refractivity contribution in [2.45, 2.75) is 50.6 Å². The largest absolute Gasteiger partial charge is 0.395 e. The van der Waals surface area contributed by atoms with Crippen LogP contribution in [0.2, 0.25) is 0 Å². The van der Waals surface area contributed by atoms with Gasteiger partial charge in [-0.2, -0.15) is 0 Å². The van der Waals surface area contributed by atoms with Gasteiger partial charge in [-0.3, -0.25) is 0 Å². The standard InChI is InChI=1S/C17H26N2O/c20-13-16(18-15-8-9-15)10-12-19-11-4-3-6-14-5-1-2-7-17(14)19/h1-2,5,7,15-16,18,20H,3-4,6,8-13H2. The third-order valence-corrected chi connectivity index (χ3v) is 4.47. The van der Waals surface area contributed by atoms with Crippen molar-refractivity contribution in [2.75, 3.05) is 24.6 Å². The highest BCUT2D eigenvalue weighted by atomic mass is 16.3. The van der Waals surface area contributed by atoms with Crippen molar-refractivity contribution in [3.05, 3.63) is 29.8 Å². The zero-order valence-electron chi connectivity index (χ0n) is 12.2. The minimum absolute atomic E-state index is 0.256. The van der Waals surface area contributed by atoms with Crippen LogP contribution in [0, 0.1) is 0 Å². The van der Waals surface area contributed by atoms with E-state index in [1.165, 1.54) is 43.4 Å². The number of hydrogen-bond acceptors (Lipinski definition) is 3. The van der Waals surface area contributed by atoms with Gasteiger partial charge < -0.3 is 15.3 Å². The molecule has 1 aromatic carbocycles. The Morgan fingerprint density at radius 2 is 2.10 bits per heavy atom. The monoisotopic (exact) mass is 274 g/mol. The highest BCUT2D eigenvalue weighted by Crippen LogP contribution is 2.26. The lowest BCUT2D eigenvalue weighted by Crippen LogP contribution is -2.38. The number of aliphatic hydroxyl groups is 1. The zero-order valence-corrected chi connectivity index (χ0v) is 12.2. The van der Waals surface area contributed by atoms with Crippen LogP contribution < -0.4 is 10.2 Å². The van der Waals surface area contributed by atoms with Crippen molar-refractivity contribution in [3.63, 3.8) is 0 Å². The third-order valence-electron chi connectivity index (χ3n) is 4.47. The number of aliphatic hydroxyl groups excluding tert-OH is 1. The highest BCUT2D eigenvalue weighted by molar-refractivity contribution is 5.54. The number of rotatable bonds is 6. The summed E-state index contributed by atoms with van der Waals surface area (Å²) in [5, 5.41) is 13.0. The number of anilines is 1. The maximum atomic E-state index is 9.50. The molecule has 1 saturated carbocycles. The number of hydrogen-bond donors (Lipinski definition) is 2.